The lowest BCUT2D eigenvalue weighted by Crippen LogP contribution is -2.54. The molecule has 112 valence electrons. The second-order valence-electron chi connectivity index (χ2n) is 5.72. The number of hydrogen-bond acceptors (Lipinski definition) is 4. The van der Waals surface area contributed by atoms with Crippen LogP contribution in [0.4, 0.5) is 0 Å². The molecule has 2 unspecified atom stereocenters. The third kappa shape index (κ3) is 2.52. The average molecular weight is 336 g/mol. The van der Waals surface area contributed by atoms with E-state index in [1.807, 2.05) is 0 Å². The smallest absolute Gasteiger partial charge is 0.252 e. The van der Waals surface area contributed by atoms with Gasteiger partial charge in [-0.25, -0.2) is 8.42 Å². The van der Waals surface area contributed by atoms with Gasteiger partial charge in [0.25, 0.3) is 10.0 Å². The first-order valence-corrected chi connectivity index (χ1v) is 9.53. The first-order valence-electron chi connectivity index (χ1n) is 6.90. The van der Waals surface area contributed by atoms with E-state index in [9.17, 15) is 13.5 Å². The fourth-order valence-corrected chi connectivity index (χ4v) is 6.45. The predicted octanol–water partition coefficient (Wildman–Crippen LogP) is 2.72. The van der Waals surface area contributed by atoms with Crippen molar-refractivity contribution in [3.8, 4) is 0 Å². The molecule has 0 spiro atoms. The Morgan fingerprint density at radius 2 is 2.15 bits per heavy atom. The lowest BCUT2D eigenvalue weighted by Gasteiger charge is -2.46. The van der Waals surface area contributed by atoms with E-state index in [4.69, 9.17) is 11.6 Å². The second kappa shape index (κ2) is 5.25. The zero-order chi connectivity index (χ0) is 14.4. The number of hydrogen-bond donors (Lipinski definition) is 1. The number of halogens is 1. The fourth-order valence-electron chi connectivity index (χ4n) is 3.32. The SMILES string of the molecule is O=S(=O)(c1ccc(Cl)s1)N1CCC2(O)CCCCC2C1. The number of piperidine rings is 1. The van der Waals surface area contributed by atoms with Gasteiger partial charge in [-0.3, -0.25) is 0 Å². The van der Waals surface area contributed by atoms with Crippen molar-refractivity contribution in [3.63, 3.8) is 0 Å². The Morgan fingerprint density at radius 1 is 1.35 bits per heavy atom. The molecular formula is C13H18ClNO3S2. The molecule has 1 aliphatic carbocycles. The molecule has 0 aromatic carbocycles. The van der Waals surface area contributed by atoms with Crippen LogP contribution >= 0.6 is 22.9 Å². The first-order chi connectivity index (χ1) is 9.42. The third-order valence-electron chi connectivity index (χ3n) is 4.53. The number of fused-ring (bicyclic) bond motifs is 1. The Labute approximate surface area is 128 Å². The lowest BCUT2D eigenvalue weighted by molar-refractivity contribution is -0.0816. The van der Waals surface area contributed by atoms with Gasteiger partial charge in [0.2, 0.25) is 0 Å². The number of nitrogens with zero attached hydrogens (tertiary/aromatic N) is 1. The fraction of sp³-hybridized carbons (Fsp3) is 0.692. The molecule has 2 atom stereocenters. The quantitative estimate of drug-likeness (QED) is 0.904. The van der Waals surface area contributed by atoms with Gasteiger partial charge in [0.05, 0.1) is 9.94 Å². The molecule has 0 bridgehead atoms. The molecule has 1 aliphatic heterocycles. The number of thiophene rings is 1. The molecule has 0 radical (unpaired) electrons. The van der Waals surface area contributed by atoms with Crippen molar-refractivity contribution in [1.29, 1.82) is 0 Å². The first kappa shape index (κ1) is 14.8. The summed E-state index contributed by atoms with van der Waals surface area (Å²) in [4.78, 5) is 0. The summed E-state index contributed by atoms with van der Waals surface area (Å²) in [6.07, 6.45) is 4.37. The van der Waals surface area contributed by atoms with Crippen LogP contribution in [0, 0.1) is 5.92 Å². The van der Waals surface area contributed by atoms with Crippen LogP contribution in [0.2, 0.25) is 4.34 Å². The van der Waals surface area contributed by atoms with Crippen molar-refractivity contribution in [3.05, 3.63) is 16.5 Å². The third-order valence-corrected chi connectivity index (χ3v) is 8.10. The van der Waals surface area contributed by atoms with E-state index in [1.54, 1.807) is 12.1 Å². The highest BCUT2D eigenvalue weighted by Gasteiger charge is 2.45. The molecule has 2 heterocycles. The van der Waals surface area contributed by atoms with E-state index in [2.05, 4.69) is 0 Å². The van der Waals surface area contributed by atoms with Crippen LogP contribution in [-0.2, 0) is 10.0 Å². The summed E-state index contributed by atoms with van der Waals surface area (Å²) < 4.78 is 27.4. The topological polar surface area (TPSA) is 57.6 Å². The van der Waals surface area contributed by atoms with Crippen molar-refractivity contribution in [1.82, 2.24) is 4.31 Å². The Morgan fingerprint density at radius 3 is 2.85 bits per heavy atom. The Kier molecular flexibility index (Phi) is 3.88. The van der Waals surface area contributed by atoms with Gasteiger partial charge in [-0.1, -0.05) is 24.4 Å². The number of aliphatic hydroxyl groups is 1. The van der Waals surface area contributed by atoms with Crippen molar-refractivity contribution in [2.24, 2.45) is 5.92 Å². The minimum atomic E-state index is -3.46. The summed E-state index contributed by atoms with van der Waals surface area (Å²) in [6, 6.07) is 3.17. The van der Waals surface area contributed by atoms with Crippen molar-refractivity contribution >= 4 is 33.0 Å². The zero-order valence-electron chi connectivity index (χ0n) is 11.1. The lowest BCUT2D eigenvalue weighted by atomic mass is 9.72. The maximum absolute atomic E-state index is 12.6. The monoisotopic (exact) mass is 335 g/mol. The van der Waals surface area contributed by atoms with E-state index < -0.39 is 15.6 Å². The summed E-state index contributed by atoms with van der Waals surface area (Å²) in [7, 11) is -3.46. The molecule has 1 aromatic rings. The highest BCUT2D eigenvalue weighted by molar-refractivity contribution is 7.91. The number of sulfonamides is 1. The van der Waals surface area contributed by atoms with Crippen LogP contribution in [-0.4, -0.2) is 36.5 Å². The molecule has 2 aliphatic rings. The zero-order valence-corrected chi connectivity index (χ0v) is 13.5. The minimum Gasteiger partial charge on any atom is -0.390 e. The maximum Gasteiger partial charge on any atom is 0.252 e. The van der Waals surface area contributed by atoms with E-state index in [0.29, 0.717) is 28.1 Å². The van der Waals surface area contributed by atoms with Gasteiger partial charge in [-0.05, 0) is 31.4 Å². The molecule has 20 heavy (non-hydrogen) atoms. The van der Waals surface area contributed by atoms with Crippen LogP contribution in [0.3, 0.4) is 0 Å². The van der Waals surface area contributed by atoms with Gasteiger partial charge in [-0.15, -0.1) is 11.3 Å². The van der Waals surface area contributed by atoms with E-state index >= 15 is 0 Å². The van der Waals surface area contributed by atoms with Gasteiger partial charge >= 0.3 is 0 Å². The van der Waals surface area contributed by atoms with Crippen LogP contribution in [0.5, 0.6) is 0 Å². The molecule has 0 amide bonds. The highest BCUT2D eigenvalue weighted by atomic mass is 35.5. The molecule has 4 nitrogen and oxygen atoms in total. The van der Waals surface area contributed by atoms with Crippen LogP contribution in [0.25, 0.3) is 0 Å². The molecule has 1 aromatic heterocycles. The molecular weight excluding hydrogens is 318 g/mol. The van der Waals surface area contributed by atoms with Gasteiger partial charge in [0, 0.05) is 19.0 Å². The van der Waals surface area contributed by atoms with Crippen LogP contribution in [0.1, 0.15) is 32.1 Å². The van der Waals surface area contributed by atoms with Crippen LogP contribution < -0.4 is 0 Å². The largest absolute Gasteiger partial charge is 0.390 e. The number of rotatable bonds is 2. The molecule has 1 N–H and O–H groups in total. The molecule has 1 saturated heterocycles. The standard InChI is InChI=1S/C13H18ClNO3S2/c14-11-4-5-12(19-11)20(17,18)15-8-7-13(16)6-2-1-3-10(13)9-15/h4-5,10,16H,1-3,6-9H2. The molecule has 7 heteroatoms. The van der Waals surface area contributed by atoms with Gasteiger partial charge in [-0.2, -0.15) is 4.31 Å². The Balaban J connectivity index is 1.82. The normalized spacial score (nSPS) is 32.0. The molecule has 1 saturated carbocycles. The Hall–Kier alpha value is -0.140. The van der Waals surface area contributed by atoms with Gasteiger partial charge in [0.15, 0.2) is 0 Å². The summed E-state index contributed by atoms with van der Waals surface area (Å²) in [6.45, 7) is 0.819. The summed E-state index contributed by atoms with van der Waals surface area (Å²) in [5.41, 5.74) is -0.655. The summed E-state index contributed by atoms with van der Waals surface area (Å²) in [5, 5.41) is 10.6. The van der Waals surface area contributed by atoms with Crippen LogP contribution in [0.15, 0.2) is 16.3 Å². The molecule has 2 fully saturated rings. The maximum atomic E-state index is 12.6. The summed E-state index contributed by atoms with van der Waals surface area (Å²) in [5.74, 6) is 0.0650. The summed E-state index contributed by atoms with van der Waals surface area (Å²) >= 11 is 6.92. The highest BCUT2D eigenvalue weighted by Crippen LogP contribution is 2.41. The van der Waals surface area contributed by atoms with E-state index in [0.717, 1.165) is 37.0 Å². The van der Waals surface area contributed by atoms with Gasteiger partial charge < -0.3 is 5.11 Å². The second-order valence-corrected chi connectivity index (χ2v) is 9.60. The van der Waals surface area contributed by atoms with E-state index in [1.165, 1.54) is 4.31 Å². The predicted molar refractivity (Wildman–Crippen MR) is 79.6 cm³/mol. The Bertz CT molecular complexity index is 601. The molecule has 3 rings (SSSR count). The van der Waals surface area contributed by atoms with Crippen molar-refractivity contribution in [2.45, 2.75) is 41.9 Å². The van der Waals surface area contributed by atoms with Crippen molar-refractivity contribution in [2.75, 3.05) is 13.1 Å². The van der Waals surface area contributed by atoms with Gasteiger partial charge in [0.1, 0.15) is 4.21 Å². The van der Waals surface area contributed by atoms with Crippen molar-refractivity contribution < 1.29 is 13.5 Å². The minimum absolute atomic E-state index is 0.0650. The average Bonchev–Trinajstić information content (AvgIpc) is 2.85. The van der Waals surface area contributed by atoms with E-state index in [-0.39, 0.29) is 5.92 Å².